The summed E-state index contributed by atoms with van der Waals surface area (Å²) in [6, 6.07) is 17.9. The number of thioether (sulfide) groups is 1. The van der Waals surface area contributed by atoms with Crippen LogP contribution in [-0.2, 0) is 4.79 Å². The number of piperazine rings is 1. The topological polar surface area (TPSA) is 71.7 Å². The number of methoxy groups -OCH3 is 1. The van der Waals surface area contributed by atoms with Crippen LogP contribution in [0.3, 0.4) is 0 Å². The van der Waals surface area contributed by atoms with Crippen molar-refractivity contribution in [3.8, 4) is 17.2 Å². The van der Waals surface area contributed by atoms with Gasteiger partial charge in [-0.25, -0.2) is 0 Å². The minimum Gasteiger partial charge on any atom is -0.497 e. The molecule has 2 aromatic carbocycles. The maximum absolute atomic E-state index is 12.8. The number of ether oxygens (including phenoxy) is 1. The molecule has 156 valence electrons. The fourth-order valence-corrected chi connectivity index (χ4v) is 4.18. The summed E-state index contributed by atoms with van der Waals surface area (Å²) in [5.41, 5.74) is 2.01. The average molecular weight is 425 g/mol. The van der Waals surface area contributed by atoms with E-state index >= 15 is 0 Å². The molecule has 4 rings (SSSR count). The molecule has 0 unspecified atom stereocenters. The molecule has 0 N–H and O–H groups in total. The number of hydrogen-bond donors (Lipinski definition) is 0. The summed E-state index contributed by atoms with van der Waals surface area (Å²) < 4.78 is 10.9. The zero-order valence-corrected chi connectivity index (χ0v) is 17.8. The van der Waals surface area contributed by atoms with Gasteiger partial charge in [0.05, 0.1) is 12.9 Å². The summed E-state index contributed by atoms with van der Waals surface area (Å²) in [7, 11) is 1.62. The van der Waals surface area contributed by atoms with Gasteiger partial charge in [0.15, 0.2) is 0 Å². The lowest BCUT2D eigenvalue weighted by Crippen LogP contribution is -2.54. The van der Waals surface area contributed by atoms with Crippen LogP contribution in [0.15, 0.2) is 64.2 Å². The van der Waals surface area contributed by atoms with Gasteiger partial charge in [-0.1, -0.05) is 30.0 Å². The van der Waals surface area contributed by atoms with E-state index in [1.165, 1.54) is 17.4 Å². The van der Waals surface area contributed by atoms with Gasteiger partial charge in [0.1, 0.15) is 5.75 Å². The third kappa shape index (κ3) is 4.59. The van der Waals surface area contributed by atoms with Crippen LogP contribution in [0.1, 0.15) is 6.92 Å². The molecule has 1 fully saturated rings. The molecule has 0 radical (unpaired) electrons. The second-order valence-corrected chi connectivity index (χ2v) is 8.03. The molecule has 8 heteroatoms. The van der Waals surface area contributed by atoms with E-state index in [9.17, 15) is 4.79 Å². The first kappa shape index (κ1) is 20.3. The Bertz CT molecular complexity index is 978. The van der Waals surface area contributed by atoms with Gasteiger partial charge < -0.3 is 19.0 Å². The predicted octanol–water partition coefficient (Wildman–Crippen LogP) is 3.57. The predicted molar refractivity (Wildman–Crippen MR) is 117 cm³/mol. The lowest BCUT2D eigenvalue weighted by atomic mass is 10.1. The molecule has 30 heavy (non-hydrogen) atoms. The molecule has 2 heterocycles. The highest BCUT2D eigenvalue weighted by Crippen LogP contribution is 2.26. The number of amides is 1. The fourth-order valence-electron chi connectivity index (χ4n) is 3.53. The molecular formula is C22H24N4O3S. The summed E-state index contributed by atoms with van der Waals surface area (Å²) in [5.74, 6) is 1.56. The van der Waals surface area contributed by atoms with Gasteiger partial charge in [-0.05, 0) is 43.3 Å². The molecule has 0 spiro atoms. The Kier molecular flexibility index (Phi) is 6.23. The molecule has 1 amide bonds. The Morgan fingerprint density at radius 2 is 1.90 bits per heavy atom. The number of aromatic nitrogens is 2. The largest absolute Gasteiger partial charge is 0.497 e. The number of carbonyl (C=O) groups excluding carboxylic acids is 1. The zero-order chi connectivity index (χ0) is 20.9. The maximum Gasteiger partial charge on any atom is 0.277 e. The van der Waals surface area contributed by atoms with Crippen LogP contribution in [-0.4, -0.2) is 59.5 Å². The van der Waals surface area contributed by atoms with Gasteiger partial charge in [0.2, 0.25) is 11.8 Å². The fraction of sp³-hybridized carbons (Fsp3) is 0.318. The number of para-hydroxylation sites is 1. The van der Waals surface area contributed by atoms with E-state index in [4.69, 9.17) is 9.15 Å². The summed E-state index contributed by atoms with van der Waals surface area (Å²) in [4.78, 5) is 17.0. The highest BCUT2D eigenvalue weighted by Gasteiger charge is 2.27. The smallest absolute Gasteiger partial charge is 0.277 e. The van der Waals surface area contributed by atoms with E-state index in [0.29, 0.717) is 17.7 Å². The van der Waals surface area contributed by atoms with Gasteiger partial charge in [0.25, 0.3) is 5.22 Å². The van der Waals surface area contributed by atoms with Gasteiger partial charge in [-0.2, -0.15) is 0 Å². The monoisotopic (exact) mass is 424 g/mol. The van der Waals surface area contributed by atoms with E-state index < -0.39 is 0 Å². The Labute approximate surface area is 180 Å². The molecule has 1 aliphatic rings. The molecule has 0 saturated carbocycles. The van der Waals surface area contributed by atoms with Crippen LogP contribution in [0, 0.1) is 0 Å². The summed E-state index contributed by atoms with van der Waals surface area (Å²) in [6.07, 6.45) is 0. The van der Waals surface area contributed by atoms with Crippen molar-refractivity contribution in [1.82, 2.24) is 15.1 Å². The van der Waals surface area contributed by atoms with E-state index in [1.54, 1.807) is 7.11 Å². The van der Waals surface area contributed by atoms with Crippen molar-refractivity contribution in [3.63, 3.8) is 0 Å². The number of nitrogens with zero attached hydrogens (tertiary/aromatic N) is 4. The normalized spacial score (nSPS) is 16.5. The Hall–Kier alpha value is -3.00. The molecule has 1 aliphatic heterocycles. The molecule has 1 aromatic heterocycles. The number of benzene rings is 2. The van der Waals surface area contributed by atoms with Crippen molar-refractivity contribution in [2.45, 2.75) is 18.2 Å². The van der Waals surface area contributed by atoms with Crippen LogP contribution in [0.25, 0.3) is 11.5 Å². The molecular weight excluding hydrogens is 400 g/mol. The zero-order valence-electron chi connectivity index (χ0n) is 17.0. The lowest BCUT2D eigenvalue weighted by Gasteiger charge is -2.41. The van der Waals surface area contributed by atoms with Gasteiger partial charge in [-0.15, -0.1) is 10.2 Å². The number of rotatable bonds is 6. The van der Waals surface area contributed by atoms with Crippen LogP contribution in [0.4, 0.5) is 5.69 Å². The van der Waals surface area contributed by atoms with Crippen molar-refractivity contribution in [1.29, 1.82) is 0 Å². The molecule has 1 saturated heterocycles. The molecule has 3 aromatic rings. The van der Waals surface area contributed by atoms with Crippen LogP contribution in [0.2, 0.25) is 0 Å². The SMILES string of the molecule is COc1ccc(-c2nnc(SCC(=O)N3CCN(c4ccccc4)C[C@H]3C)o2)cc1. The standard InChI is InChI=1S/C22H24N4O3S/c1-16-14-25(18-6-4-3-5-7-18)12-13-26(16)20(27)15-30-22-24-23-21(29-22)17-8-10-19(28-2)11-9-17/h3-11,16H,12-15H2,1-2H3/t16-/m1/s1. The van der Waals surface area contributed by atoms with Crippen molar-refractivity contribution in [3.05, 3.63) is 54.6 Å². The number of hydrogen-bond acceptors (Lipinski definition) is 7. The highest BCUT2D eigenvalue weighted by molar-refractivity contribution is 7.99. The lowest BCUT2D eigenvalue weighted by molar-refractivity contribution is -0.130. The molecule has 0 bridgehead atoms. The van der Waals surface area contributed by atoms with Crippen molar-refractivity contribution >= 4 is 23.4 Å². The first-order chi connectivity index (χ1) is 14.6. The van der Waals surface area contributed by atoms with Crippen molar-refractivity contribution < 1.29 is 13.9 Å². The van der Waals surface area contributed by atoms with Crippen molar-refractivity contribution in [2.24, 2.45) is 0 Å². The summed E-state index contributed by atoms with van der Waals surface area (Å²) >= 11 is 1.27. The summed E-state index contributed by atoms with van der Waals surface area (Å²) in [6.45, 7) is 4.44. The molecule has 0 aliphatic carbocycles. The third-order valence-corrected chi connectivity index (χ3v) is 5.93. The minimum absolute atomic E-state index is 0.0874. The second kappa shape index (κ2) is 9.21. The Morgan fingerprint density at radius 1 is 1.13 bits per heavy atom. The number of carbonyl (C=O) groups is 1. The minimum atomic E-state index is 0.0874. The van der Waals surface area contributed by atoms with E-state index in [-0.39, 0.29) is 17.7 Å². The van der Waals surface area contributed by atoms with Crippen LogP contribution >= 0.6 is 11.8 Å². The Balaban J connectivity index is 1.31. The second-order valence-electron chi connectivity index (χ2n) is 7.11. The molecule has 7 nitrogen and oxygen atoms in total. The highest BCUT2D eigenvalue weighted by atomic mass is 32.2. The number of anilines is 1. The molecule has 1 atom stereocenters. The van der Waals surface area contributed by atoms with E-state index in [2.05, 4.69) is 34.2 Å². The first-order valence-electron chi connectivity index (χ1n) is 9.84. The average Bonchev–Trinajstić information content (AvgIpc) is 3.27. The first-order valence-corrected chi connectivity index (χ1v) is 10.8. The van der Waals surface area contributed by atoms with Gasteiger partial charge in [0, 0.05) is 36.9 Å². The van der Waals surface area contributed by atoms with Crippen LogP contribution < -0.4 is 9.64 Å². The quantitative estimate of drug-likeness (QED) is 0.560. The van der Waals surface area contributed by atoms with Gasteiger partial charge in [-0.3, -0.25) is 4.79 Å². The summed E-state index contributed by atoms with van der Waals surface area (Å²) in [5, 5.41) is 8.53. The maximum atomic E-state index is 12.8. The van der Waals surface area contributed by atoms with E-state index in [0.717, 1.165) is 24.4 Å². The van der Waals surface area contributed by atoms with Gasteiger partial charge >= 0.3 is 0 Å². The third-order valence-electron chi connectivity index (χ3n) is 5.13. The Morgan fingerprint density at radius 3 is 2.60 bits per heavy atom. The van der Waals surface area contributed by atoms with E-state index in [1.807, 2.05) is 47.4 Å². The van der Waals surface area contributed by atoms with Crippen LogP contribution in [0.5, 0.6) is 5.75 Å². The van der Waals surface area contributed by atoms with Crippen molar-refractivity contribution in [2.75, 3.05) is 37.4 Å².